The van der Waals surface area contributed by atoms with E-state index < -0.39 is 17.9 Å². The fourth-order valence-electron chi connectivity index (χ4n) is 2.82. The van der Waals surface area contributed by atoms with Gasteiger partial charge in [-0.15, -0.1) is 0 Å². The highest BCUT2D eigenvalue weighted by molar-refractivity contribution is 5.94. The molecule has 0 spiro atoms. The molecule has 0 saturated heterocycles. The summed E-state index contributed by atoms with van der Waals surface area (Å²) in [6.07, 6.45) is 0.659. The molecule has 0 saturated carbocycles. The van der Waals surface area contributed by atoms with Crippen molar-refractivity contribution in [3.05, 3.63) is 71.3 Å². The molecule has 2 rings (SSSR count). The van der Waals surface area contributed by atoms with Gasteiger partial charge in [0.15, 0.2) is 0 Å². The number of carbonyl (C=O) groups is 3. The average Bonchev–Trinajstić information content (AvgIpc) is 2.70. The van der Waals surface area contributed by atoms with E-state index >= 15 is 0 Å². The number of nitrogens with one attached hydrogen (secondary N) is 2. The second-order valence-electron chi connectivity index (χ2n) is 6.36. The van der Waals surface area contributed by atoms with Crippen molar-refractivity contribution < 1.29 is 19.5 Å². The maximum Gasteiger partial charge on any atom is 0.308 e. The molecule has 2 unspecified atom stereocenters. The van der Waals surface area contributed by atoms with Gasteiger partial charge in [-0.1, -0.05) is 42.5 Å². The molecule has 6 nitrogen and oxygen atoms in total. The van der Waals surface area contributed by atoms with E-state index in [1.165, 1.54) is 0 Å². The molecule has 2 aromatic rings. The van der Waals surface area contributed by atoms with Gasteiger partial charge in [-0.2, -0.15) is 0 Å². The fourth-order valence-corrected chi connectivity index (χ4v) is 2.82. The number of aliphatic carboxylic acids is 1. The first-order chi connectivity index (χ1) is 12.9. The number of aryl methyl sites for hydroxylation is 1. The van der Waals surface area contributed by atoms with Crippen LogP contribution < -0.4 is 10.6 Å². The Morgan fingerprint density at radius 2 is 1.74 bits per heavy atom. The van der Waals surface area contributed by atoms with E-state index in [1.807, 2.05) is 24.3 Å². The molecule has 27 heavy (non-hydrogen) atoms. The molecule has 2 atom stereocenters. The third-order valence-corrected chi connectivity index (χ3v) is 4.42. The lowest BCUT2D eigenvalue weighted by atomic mass is 9.94. The van der Waals surface area contributed by atoms with Crippen LogP contribution in [-0.2, 0) is 16.0 Å². The van der Waals surface area contributed by atoms with Crippen LogP contribution in [0.25, 0.3) is 0 Å². The van der Waals surface area contributed by atoms with Crippen LogP contribution in [0.2, 0.25) is 0 Å². The van der Waals surface area contributed by atoms with Gasteiger partial charge in [0.1, 0.15) is 0 Å². The van der Waals surface area contributed by atoms with Crippen molar-refractivity contribution in [2.45, 2.75) is 25.8 Å². The van der Waals surface area contributed by atoms with Crippen LogP contribution in [0.1, 0.15) is 40.9 Å². The predicted octanol–water partition coefficient (Wildman–Crippen LogP) is 2.56. The highest BCUT2D eigenvalue weighted by Gasteiger charge is 2.26. The fraction of sp³-hybridized carbons (Fsp3) is 0.286. The normalized spacial score (nSPS) is 12.7. The van der Waals surface area contributed by atoms with Gasteiger partial charge >= 0.3 is 5.97 Å². The maximum absolute atomic E-state index is 12.4. The molecule has 3 N–H and O–H groups in total. The van der Waals surface area contributed by atoms with Gasteiger partial charge in [0.05, 0.1) is 12.0 Å². The zero-order valence-electron chi connectivity index (χ0n) is 15.4. The third kappa shape index (κ3) is 5.67. The zero-order valence-corrected chi connectivity index (χ0v) is 15.4. The minimum absolute atomic E-state index is 0.180. The van der Waals surface area contributed by atoms with Crippen LogP contribution in [0.5, 0.6) is 0 Å². The van der Waals surface area contributed by atoms with E-state index in [0.29, 0.717) is 12.0 Å². The molecule has 0 aromatic heterocycles. The van der Waals surface area contributed by atoms with Crippen LogP contribution >= 0.6 is 0 Å². The second kappa shape index (κ2) is 9.52. The quantitative estimate of drug-likeness (QED) is 0.667. The van der Waals surface area contributed by atoms with Crippen molar-refractivity contribution in [1.29, 1.82) is 0 Å². The number of hydrogen-bond donors (Lipinski definition) is 3. The van der Waals surface area contributed by atoms with Crippen molar-refractivity contribution in [2.24, 2.45) is 5.92 Å². The molecule has 0 aliphatic carbocycles. The first-order valence-electron chi connectivity index (χ1n) is 8.80. The molecule has 2 aromatic carbocycles. The lowest BCUT2D eigenvalue weighted by molar-refractivity contribution is -0.142. The second-order valence-corrected chi connectivity index (χ2v) is 6.36. The average molecular weight is 368 g/mol. The molecule has 0 aliphatic rings. The highest BCUT2D eigenvalue weighted by atomic mass is 16.4. The molecule has 142 valence electrons. The lowest BCUT2D eigenvalue weighted by Gasteiger charge is -2.23. The summed E-state index contributed by atoms with van der Waals surface area (Å²) < 4.78 is 0. The molecule has 0 heterocycles. The van der Waals surface area contributed by atoms with Crippen molar-refractivity contribution in [1.82, 2.24) is 10.6 Å². The van der Waals surface area contributed by atoms with Crippen molar-refractivity contribution in [2.75, 3.05) is 7.05 Å². The SMILES string of the molecule is CNC(=O)c1cccc(CCC(=O)NC(c2ccccc2)C(C)C(=O)O)c1. The number of benzene rings is 2. The summed E-state index contributed by atoms with van der Waals surface area (Å²) in [7, 11) is 1.57. The topological polar surface area (TPSA) is 95.5 Å². The summed E-state index contributed by atoms with van der Waals surface area (Å²) in [5.74, 6) is -2.14. The Morgan fingerprint density at radius 3 is 2.37 bits per heavy atom. The molecule has 2 amide bonds. The van der Waals surface area contributed by atoms with Gasteiger partial charge in [0.2, 0.25) is 5.91 Å². The molecular weight excluding hydrogens is 344 g/mol. The summed E-state index contributed by atoms with van der Waals surface area (Å²) in [4.78, 5) is 35.5. The molecule has 0 aliphatic heterocycles. The maximum atomic E-state index is 12.4. The van der Waals surface area contributed by atoms with E-state index in [-0.39, 0.29) is 18.2 Å². The van der Waals surface area contributed by atoms with E-state index in [4.69, 9.17) is 0 Å². The summed E-state index contributed by atoms with van der Waals surface area (Å²) in [5, 5.41) is 14.8. The summed E-state index contributed by atoms with van der Waals surface area (Å²) >= 11 is 0. The minimum Gasteiger partial charge on any atom is -0.481 e. The molecular formula is C21H24N2O4. The smallest absolute Gasteiger partial charge is 0.308 e. The van der Waals surface area contributed by atoms with Crippen LogP contribution in [0.4, 0.5) is 0 Å². The Kier molecular flexibility index (Phi) is 7.11. The van der Waals surface area contributed by atoms with Gasteiger partial charge < -0.3 is 15.7 Å². The van der Waals surface area contributed by atoms with Gasteiger partial charge in [0.25, 0.3) is 5.91 Å². The number of amides is 2. The number of carboxylic acid groups (broad SMARTS) is 1. The van der Waals surface area contributed by atoms with Crippen LogP contribution in [0, 0.1) is 5.92 Å². The molecule has 0 fully saturated rings. The van der Waals surface area contributed by atoms with Gasteiger partial charge in [-0.3, -0.25) is 14.4 Å². The molecule has 0 bridgehead atoms. The Bertz CT molecular complexity index is 805. The first-order valence-corrected chi connectivity index (χ1v) is 8.80. The molecule has 6 heteroatoms. The van der Waals surface area contributed by atoms with Crippen LogP contribution in [-0.4, -0.2) is 29.9 Å². The number of hydrogen-bond acceptors (Lipinski definition) is 3. The molecule has 0 radical (unpaired) electrons. The van der Waals surface area contributed by atoms with Gasteiger partial charge in [0, 0.05) is 19.0 Å². The summed E-state index contributed by atoms with van der Waals surface area (Å²) in [6.45, 7) is 1.58. The number of carbonyl (C=O) groups excluding carboxylic acids is 2. The predicted molar refractivity (Wildman–Crippen MR) is 102 cm³/mol. The summed E-state index contributed by atoms with van der Waals surface area (Å²) in [6, 6.07) is 15.6. The van der Waals surface area contributed by atoms with Crippen molar-refractivity contribution in [3.8, 4) is 0 Å². The van der Waals surface area contributed by atoms with E-state index in [2.05, 4.69) is 10.6 Å². The van der Waals surface area contributed by atoms with Crippen molar-refractivity contribution in [3.63, 3.8) is 0 Å². The van der Waals surface area contributed by atoms with E-state index in [9.17, 15) is 19.5 Å². The first kappa shape index (κ1) is 20.2. The largest absolute Gasteiger partial charge is 0.481 e. The van der Waals surface area contributed by atoms with E-state index in [0.717, 1.165) is 11.1 Å². The van der Waals surface area contributed by atoms with Crippen LogP contribution in [0.15, 0.2) is 54.6 Å². The minimum atomic E-state index is -0.970. The Labute approximate surface area is 158 Å². The number of carboxylic acids is 1. The monoisotopic (exact) mass is 368 g/mol. The Morgan fingerprint density at radius 1 is 1.04 bits per heavy atom. The third-order valence-electron chi connectivity index (χ3n) is 4.42. The van der Waals surface area contributed by atoms with Crippen LogP contribution in [0.3, 0.4) is 0 Å². The van der Waals surface area contributed by atoms with Gasteiger partial charge in [-0.25, -0.2) is 0 Å². The van der Waals surface area contributed by atoms with Crippen molar-refractivity contribution >= 4 is 17.8 Å². The summed E-state index contributed by atoms with van der Waals surface area (Å²) in [5.41, 5.74) is 2.16. The lowest BCUT2D eigenvalue weighted by Crippen LogP contribution is -2.35. The Hall–Kier alpha value is -3.15. The Balaban J connectivity index is 2.04. The highest BCUT2D eigenvalue weighted by Crippen LogP contribution is 2.22. The number of rotatable bonds is 8. The zero-order chi connectivity index (χ0) is 19.8. The van der Waals surface area contributed by atoms with E-state index in [1.54, 1.807) is 44.3 Å². The standard InChI is InChI=1S/C21H24N2O4/c1-14(21(26)27)19(16-8-4-3-5-9-16)23-18(24)12-11-15-7-6-10-17(13-15)20(25)22-2/h3-10,13-14,19H,11-12H2,1-2H3,(H,22,25)(H,23,24)(H,26,27). The van der Waals surface area contributed by atoms with Gasteiger partial charge in [-0.05, 0) is 36.6 Å².